The number of benzene rings is 2. The van der Waals surface area contributed by atoms with E-state index in [2.05, 4.69) is 20.2 Å². The summed E-state index contributed by atoms with van der Waals surface area (Å²) in [5.74, 6) is 0.548. The molecule has 3 heterocycles. The number of thiophene rings is 1. The fourth-order valence-corrected chi connectivity index (χ4v) is 5.64. The van der Waals surface area contributed by atoms with Crippen LogP contribution in [-0.4, -0.2) is 67.0 Å². The van der Waals surface area contributed by atoms with E-state index in [0.29, 0.717) is 17.1 Å². The summed E-state index contributed by atoms with van der Waals surface area (Å²) in [6.45, 7) is 4.90. The zero-order valence-electron chi connectivity index (χ0n) is 20.5. The SMILES string of the molecule is COc1cccc(-c2nn(C)c3sc(C(=O)NCCCN4CCN(c5ccccc5F)CC4)cc23)c1. The molecule has 7 nitrogen and oxygen atoms in total. The number of nitrogens with one attached hydrogen (secondary N) is 1. The quantitative estimate of drug-likeness (QED) is 0.359. The van der Waals surface area contributed by atoms with Crippen LogP contribution in [0.3, 0.4) is 0 Å². The topological polar surface area (TPSA) is 62.6 Å². The molecule has 0 aliphatic carbocycles. The maximum absolute atomic E-state index is 14.0. The maximum Gasteiger partial charge on any atom is 0.261 e. The molecule has 1 aliphatic heterocycles. The number of amides is 1. The molecule has 1 N–H and O–H groups in total. The first-order valence-corrected chi connectivity index (χ1v) is 13.0. The summed E-state index contributed by atoms with van der Waals surface area (Å²) in [5.41, 5.74) is 2.48. The molecule has 0 unspecified atom stereocenters. The molecule has 0 saturated carbocycles. The van der Waals surface area contributed by atoms with Gasteiger partial charge in [-0.25, -0.2) is 4.39 Å². The van der Waals surface area contributed by atoms with Crippen molar-refractivity contribution in [3.05, 3.63) is 65.3 Å². The molecule has 1 aliphatic rings. The molecule has 1 saturated heterocycles. The molecule has 4 aromatic rings. The van der Waals surface area contributed by atoms with Crippen molar-refractivity contribution in [2.24, 2.45) is 7.05 Å². The van der Waals surface area contributed by atoms with E-state index in [0.717, 1.165) is 66.4 Å². The van der Waals surface area contributed by atoms with Gasteiger partial charge in [0.05, 0.1) is 17.7 Å². The third kappa shape index (κ3) is 5.08. The Kier molecular flexibility index (Phi) is 7.20. The molecule has 2 aromatic carbocycles. The second-order valence-corrected chi connectivity index (χ2v) is 9.95. The van der Waals surface area contributed by atoms with Crippen LogP contribution in [0.4, 0.5) is 10.1 Å². The van der Waals surface area contributed by atoms with E-state index in [1.807, 2.05) is 54.2 Å². The number of aromatic nitrogens is 2. The van der Waals surface area contributed by atoms with Gasteiger partial charge in [0.2, 0.25) is 0 Å². The summed E-state index contributed by atoms with van der Waals surface area (Å²) < 4.78 is 21.2. The summed E-state index contributed by atoms with van der Waals surface area (Å²) in [4.78, 5) is 19.0. The largest absolute Gasteiger partial charge is 0.497 e. The highest BCUT2D eigenvalue weighted by molar-refractivity contribution is 7.20. The van der Waals surface area contributed by atoms with Crippen LogP contribution in [0.25, 0.3) is 21.5 Å². The van der Waals surface area contributed by atoms with Gasteiger partial charge in [0.15, 0.2) is 0 Å². The molecule has 0 bridgehead atoms. The van der Waals surface area contributed by atoms with Crippen LogP contribution in [0.5, 0.6) is 5.75 Å². The fraction of sp³-hybridized carbons (Fsp3) is 0.333. The van der Waals surface area contributed by atoms with Crippen LogP contribution in [0.1, 0.15) is 16.1 Å². The lowest BCUT2D eigenvalue weighted by Gasteiger charge is -2.36. The first kappa shape index (κ1) is 24.3. The van der Waals surface area contributed by atoms with E-state index in [4.69, 9.17) is 4.74 Å². The third-order valence-corrected chi connectivity index (χ3v) is 7.78. The number of para-hydroxylation sites is 1. The minimum absolute atomic E-state index is 0.0582. The average Bonchev–Trinajstić information content (AvgIpc) is 3.48. The Morgan fingerprint density at radius 3 is 2.69 bits per heavy atom. The molecular formula is C27H30FN5O2S. The van der Waals surface area contributed by atoms with Crippen LogP contribution in [0.15, 0.2) is 54.6 Å². The van der Waals surface area contributed by atoms with Crippen molar-refractivity contribution in [2.75, 3.05) is 51.3 Å². The number of rotatable bonds is 8. The standard InChI is InChI=1S/C27H30FN5O2S/c1-31-27-21(25(30-31)19-7-5-8-20(17-19)35-2)18-24(36-27)26(34)29-11-6-12-32-13-15-33(16-14-32)23-10-4-3-9-22(23)28/h3-5,7-10,17-18H,6,11-16H2,1-2H3,(H,29,34). The Balaban J connectivity index is 1.13. The molecule has 2 aromatic heterocycles. The predicted molar refractivity (Wildman–Crippen MR) is 143 cm³/mol. The van der Waals surface area contributed by atoms with Crippen LogP contribution in [0.2, 0.25) is 0 Å². The van der Waals surface area contributed by atoms with E-state index in [-0.39, 0.29) is 11.7 Å². The van der Waals surface area contributed by atoms with Gasteiger partial charge in [-0.15, -0.1) is 11.3 Å². The summed E-state index contributed by atoms with van der Waals surface area (Å²) in [7, 11) is 3.54. The van der Waals surface area contributed by atoms with Crippen molar-refractivity contribution >= 4 is 33.1 Å². The van der Waals surface area contributed by atoms with Crippen molar-refractivity contribution < 1.29 is 13.9 Å². The number of carbonyl (C=O) groups is 1. The molecule has 1 fully saturated rings. The van der Waals surface area contributed by atoms with Gasteiger partial charge < -0.3 is 15.0 Å². The van der Waals surface area contributed by atoms with Crippen molar-refractivity contribution in [1.29, 1.82) is 0 Å². The average molecular weight is 508 g/mol. The third-order valence-electron chi connectivity index (χ3n) is 6.58. The zero-order valence-corrected chi connectivity index (χ0v) is 21.4. The van der Waals surface area contributed by atoms with Crippen molar-refractivity contribution in [2.45, 2.75) is 6.42 Å². The van der Waals surface area contributed by atoms with Crippen molar-refractivity contribution in [1.82, 2.24) is 20.0 Å². The van der Waals surface area contributed by atoms with Crippen LogP contribution >= 0.6 is 11.3 Å². The van der Waals surface area contributed by atoms with Crippen LogP contribution in [0, 0.1) is 5.82 Å². The molecule has 188 valence electrons. The van der Waals surface area contributed by atoms with Crippen molar-refractivity contribution in [3.63, 3.8) is 0 Å². The normalized spacial score (nSPS) is 14.4. The number of fused-ring (bicyclic) bond motifs is 1. The first-order chi connectivity index (χ1) is 17.5. The van der Waals surface area contributed by atoms with Crippen LogP contribution in [-0.2, 0) is 7.05 Å². The molecule has 0 spiro atoms. The van der Waals surface area contributed by atoms with Gasteiger partial charge in [0.1, 0.15) is 22.1 Å². The Bertz CT molecular complexity index is 1360. The zero-order chi connectivity index (χ0) is 25.1. The Labute approximate surface area is 214 Å². The highest BCUT2D eigenvalue weighted by atomic mass is 32.1. The van der Waals surface area contributed by atoms with Gasteiger partial charge in [-0.05, 0) is 43.3 Å². The minimum atomic E-state index is -0.165. The lowest BCUT2D eigenvalue weighted by Crippen LogP contribution is -2.47. The number of piperazine rings is 1. The van der Waals surface area contributed by atoms with Crippen molar-refractivity contribution in [3.8, 4) is 17.0 Å². The Hall–Kier alpha value is -3.43. The summed E-state index contributed by atoms with van der Waals surface area (Å²) >= 11 is 1.45. The number of anilines is 1. The summed E-state index contributed by atoms with van der Waals surface area (Å²) in [5, 5.41) is 8.69. The molecule has 36 heavy (non-hydrogen) atoms. The Morgan fingerprint density at radius 2 is 1.92 bits per heavy atom. The van der Waals surface area contributed by atoms with Gasteiger partial charge in [0.25, 0.3) is 5.91 Å². The van der Waals surface area contributed by atoms with Gasteiger partial charge in [0, 0.05) is 50.7 Å². The van der Waals surface area contributed by atoms with E-state index in [1.54, 1.807) is 13.2 Å². The number of carbonyl (C=O) groups excluding carboxylic acids is 1. The lowest BCUT2D eigenvalue weighted by molar-refractivity contribution is 0.0955. The smallest absolute Gasteiger partial charge is 0.261 e. The number of hydrogen-bond donors (Lipinski definition) is 1. The monoisotopic (exact) mass is 507 g/mol. The van der Waals surface area contributed by atoms with Gasteiger partial charge in [-0.3, -0.25) is 14.4 Å². The molecule has 0 radical (unpaired) electrons. The summed E-state index contributed by atoms with van der Waals surface area (Å²) in [6.07, 6.45) is 0.868. The number of methoxy groups -OCH3 is 1. The number of hydrogen-bond acceptors (Lipinski definition) is 6. The number of ether oxygens (including phenoxy) is 1. The fourth-order valence-electron chi connectivity index (χ4n) is 4.65. The van der Waals surface area contributed by atoms with E-state index in [9.17, 15) is 9.18 Å². The number of halogens is 1. The summed E-state index contributed by atoms with van der Waals surface area (Å²) in [6, 6.07) is 16.7. The maximum atomic E-state index is 14.0. The predicted octanol–water partition coefficient (Wildman–Crippen LogP) is 4.39. The first-order valence-electron chi connectivity index (χ1n) is 12.1. The van der Waals surface area contributed by atoms with E-state index < -0.39 is 0 Å². The molecule has 0 atom stereocenters. The Morgan fingerprint density at radius 1 is 1.11 bits per heavy atom. The highest BCUT2D eigenvalue weighted by Gasteiger charge is 2.20. The second kappa shape index (κ2) is 10.7. The van der Waals surface area contributed by atoms with Crippen LogP contribution < -0.4 is 15.0 Å². The van der Waals surface area contributed by atoms with E-state index in [1.165, 1.54) is 17.4 Å². The van der Waals surface area contributed by atoms with Gasteiger partial charge >= 0.3 is 0 Å². The molecule has 5 rings (SSSR count). The molecular weight excluding hydrogens is 477 g/mol. The lowest BCUT2D eigenvalue weighted by atomic mass is 10.1. The van der Waals surface area contributed by atoms with E-state index >= 15 is 0 Å². The minimum Gasteiger partial charge on any atom is -0.497 e. The van der Waals surface area contributed by atoms with Gasteiger partial charge in [-0.1, -0.05) is 24.3 Å². The van der Waals surface area contributed by atoms with Gasteiger partial charge in [-0.2, -0.15) is 5.10 Å². The second-order valence-electron chi connectivity index (χ2n) is 8.92. The highest BCUT2D eigenvalue weighted by Crippen LogP contribution is 2.34. The number of aryl methyl sites for hydroxylation is 1. The number of nitrogens with zero attached hydrogens (tertiary/aromatic N) is 4. The molecule has 1 amide bonds. The molecule has 9 heteroatoms.